The highest BCUT2D eigenvalue weighted by Crippen LogP contribution is 2.31. The van der Waals surface area contributed by atoms with Gasteiger partial charge in [0.25, 0.3) is 0 Å². The highest BCUT2D eigenvalue weighted by atomic mass is 16.5. The third-order valence-electron chi connectivity index (χ3n) is 6.88. The molecule has 0 saturated carbocycles. The number of H-pyrrole nitrogens is 2. The van der Waals surface area contributed by atoms with E-state index in [0.717, 1.165) is 64.5 Å². The van der Waals surface area contributed by atoms with E-state index < -0.39 is 0 Å². The Morgan fingerprint density at radius 1 is 1.05 bits per heavy atom. The van der Waals surface area contributed by atoms with Gasteiger partial charge < -0.3 is 24.3 Å². The van der Waals surface area contributed by atoms with Crippen LogP contribution in [0, 0.1) is 0 Å². The first-order valence-electron chi connectivity index (χ1n) is 12.7. The van der Waals surface area contributed by atoms with Gasteiger partial charge in [-0.15, -0.1) is 0 Å². The van der Waals surface area contributed by atoms with Gasteiger partial charge in [0, 0.05) is 30.2 Å². The second kappa shape index (κ2) is 9.88. The van der Waals surface area contributed by atoms with Crippen LogP contribution in [0.4, 0.5) is 5.69 Å². The van der Waals surface area contributed by atoms with Crippen LogP contribution < -0.4 is 9.64 Å². The number of aromatic nitrogens is 4. The number of rotatable bonds is 7. The molecule has 6 rings (SSSR count). The molecule has 0 aliphatic carbocycles. The number of ether oxygens (including phenoxy) is 2. The maximum Gasteiger partial charge on any atom is 0.159 e. The van der Waals surface area contributed by atoms with Crippen LogP contribution in [0.2, 0.25) is 0 Å². The van der Waals surface area contributed by atoms with Gasteiger partial charge in [0.05, 0.1) is 29.3 Å². The summed E-state index contributed by atoms with van der Waals surface area (Å²) in [7, 11) is 4.17. The van der Waals surface area contributed by atoms with Gasteiger partial charge in [0.2, 0.25) is 0 Å². The van der Waals surface area contributed by atoms with Gasteiger partial charge in [-0.25, -0.2) is 4.98 Å². The Kier molecular flexibility index (Phi) is 6.28. The topological polar surface area (TPSA) is 82.3 Å². The minimum atomic E-state index is 0.188. The van der Waals surface area contributed by atoms with Gasteiger partial charge in [-0.2, -0.15) is 5.10 Å². The first kappa shape index (κ1) is 23.5. The minimum Gasteiger partial charge on any atom is -0.489 e. The number of benzene rings is 3. The monoisotopic (exact) mass is 496 g/mol. The molecule has 0 spiro atoms. The summed E-state index contributed by atoms with van der Waals surface area (Å²) in [6.07, 6.45) is 0.188. The zero-order valence-electron chi connectivity index (χ0n) is 21.4. The maximum atomic E-state index is 6.06. The molecule has 190 valence electrons. The van der Waals surface area contributed by atoms with E-state index in [-0.39, 0.29) is 6.10 Å². The van der Waals surface area contributed by atoms with Gasteiger partial charge >= 0.3 is 0 Å². The third-order valence-corrected chi connectivity index (χ3v) is 6.88. The summed E-state index contributed by atoms with van der Waals surface area (Å²) in [6.45, 7) is 5.22. The van der Waals surface area contributed by atoms with Crippen molar-refractivity contribution in [2.75, 3.05) is 38.7 Å². The molecule has 2 atom stereocenters. The fourth-order valence-electron chi connectivity index (χ4n) is 4.99. The maximum absolute atomic E-state index is 6.06. The molecular weight excluding hydrogens is 464 g/mol. The normalized spacial score (nSPS) is 18.2. The van der Waals surface area contributed by atoms with E-state index in [1.807, 2.05) is 36.4 Å². The van der Waals surface area contributed by atoms with Gasteiger partial charge in [-0.3, -0.25) is 5.10 Å². The number of imidazole rings is 1. The van der Waals surface area contributed by atoms with Crippen molar-refractivity contribution < 1.29 is 9.47 Å². The van der Waals surface area contributed by atoms with Crippen LogP contribution in [0.5, 0.6) is 5.75 Å². The van der Waals surface area contributed by atoms with E-state index in [2.05, 4.69) is 76.3 Å². The predicted molar refractivity (Wildman–Crippen MR) is 147 cm³/mol. The molecule has 8 nitrogen and oxygen atoms in total. The molecule has 1 aliphatic rings. The standard InChI is InChI=1S/C29H32N6O2/c1-19-17-36-23(15-34(2)3)16-35(19)21-9-11-26-27(13-21)31-29(30-26)28-24-14-22(10-12-25(24)32-33-28)37-18-20-7-5-4-6-8-20/h4-14,19,23H,15-18H2,1-3H3,(H,30,31)(H,32,33). The molecule has 0 bridgehead atoms. The molecule has 3 heterocycles. The van der Waals surface area contributed by atoms with Crippen molar-refractivity contribution in [3.63, 3.8) is 0 Å². The summed E-state index contributed by atoms with van der Waals surface area (Å²) >= 11 is 0. The molecule has 5 aromatic rings. The zero-order valence-corrected chi connectivity index (χ0v) is 21.4. The van der Waals surface area contributed by atoms with Gasteiger partial charge in [-0.1, -0.05) is 30.3 Å². The fourth-order valence-corrected chi connectivity index (χ4v) is 4.99. The number of morpholine rings is 1. The molecule has 1 fully saturated rings. The lowest BCUT2D eigenvalue weighted by Gasteiger charge is -2.40. The number of likely N-dealkylation sites (N-methyl/N-ethyl adjacent to an activating group) is 1. The van der Waals surface area contributed by atoms with Crippen LogP contribution in [0.25, 0.3) is 33.5 Å². The first-order valence-corrected chi connectivity index (χ1v) is 12.7. The summed E-state index contributed by atoms with van der Waals surface area (Å²) in [5.74, 6) is 1.53. The average Bonchev–Trinajstić information content (AvgIpc) is 3.52. The Morgan fingerprint density at radius 3 is 2.76 bits per heavy atom. The third kappa shape index (κ3) is 4.90. The van der Waals surface area contributed by atoms with Crippen molar-refractivity contribution in [3.05, 3.63) is 72.3 Å². The zero-order chi connectivity index (χ0) is 25.4. The molecule has 0 radical (unpaired) electrons. The predicted octanol–water partition coefficient (Wildman–Crippen LogP) is 4.84. The molecular formula is C29H32N6O2. The first-order chi connectivity index (χ1) is 18.0. The van der Waals surface area contributed by atoms with Gasteiger partial charge in [0.15, 0.2) is 5.82 Å². The van der Waals surface area contributed by atoms with Crippen LogP contribution >= 0.6 is 0 Å². The van der Waals surface area contributed by atoms with E-state index in [1.165, 1.54) is 5.69 Å². The smallest absolute Gasteiger partial charge is 0.159 e. The van der Waals surface area contributed by atoms with Crippen LogP contribution in [-0.2, 0) is 11.3 Å². The van der Waals surface area contributed by atoms with Crippen LogP contribution in [0.1, 0.15) is 12.5 Å². The van der Waals surface area contributed by atoms with Crippen LogP contribution in [-0.4, -0.2) is 71.0 Å². The van der Waals surface area contributed by atoms with Crippen molar-refractivity contribution in [2.24, 2.45) is 0 Å². The summed E-state index contributed by atoms with van der Waals surface area (Å²) < 4.78 is 12.1. The molecule has 8 heteroatoms. The van der Waals surface area contributed by atoms with Crippen molar-refractivity contribution in [2.45, 2.75) is 25.7 Å². The molecule has 2 unspecified atom stereocenters. The Bertz CT molecular complexity index is 1510. The number of hydrogen-bond donors (Lipinski definition) is 2. The minimum absolute atomic E-state index is 0.188. The SMILES string of the molecule is CC1COC(CN(C)C)CN1c1ccc2nc(-c3n[nH]c4ccc(OCc5ccccc5)cc34)[nH]c2c1. The van der Waals surface area contributed by atoms with E-state index in [0.29, 0.717) is 12.6 Å². The number of nitrogens with one attached hydrogen (secondary N) is 2. The molecule has 3 aromatic carbocycles. The number of hydrogen-bond acceptors (Lipinski definition) is 6. The highest BCUT2D eigenvalue weighted by Gasteiger charge is 2.27. The van der Waals surface area contributed by atoms with Crippen molar-refractivity contribution in [1.29, 1.82) is 0 Å². The lowest BCUT2D eigenvalue weighted by atomic mass is 10.1. The largest absolute Gasteiger partial charge is 0.489 e. The van der Waals surface area contributed by atoms with Crippen molar-refractivity contribution in [1.82, 2.24) is 25.1 Å². The Balaban J connectivity index is 1.27. The summed E-state index contributed by atoms with van der Waals surface area (Å²) in [4.78, 5) is 13.0. The summed E-state index contributed by atoms with van der Waals surface area (Å²) in [5, 5.41) is 8.68. The van der Waals surface area contributed by atoms with E-state index in [9.17, 15) is 0 Å². The lowest BCUT2D eigenvalue weighted by Crippen LogP contribution is -2.51. The Hall–Kier alpha value is -3.88. The number of aromatic amines is 2. The van der Waals surface area contributed by atoms with E-state index in [1.54, 1.807) is 0 Å². The van der Waals surface area contributed by atoms with Crippen molar-refractivity contribution >= 4 is 27.6 Å². The molecule has 2 aromatic heterocycles. The summed E-state index contributed by atoms with van der Waals surface area (Å²) in [6, 6.07) is 22.9. The molecule has 1 saturated heterocycles. The average molecular weight is 497 g/mol. The fraction of sp³-hybridized carbons (Fsp3) is 0.310. The second-order valence-corrected chi connectivity index (χ2v) is 10.1. The van der Waals surface area contributed by atoms with Crippen LogP contribution in [0.3, 0.4) is 0 Å². The quantitative estimate of drug-likeness (QED) is 0.336. The number of fused-ring (bicyclic) bond motifs is 2. The molecule has 1 aliphatic heterocycles. The number of anilines is 1. The Labute approximate surface area is 216 Å². The summed E-state index contributed by atoms with van der Waals surface area (Å²) in [5.41, 5.74) is 5.93. The van der Waals surface area contributed by atoms with Crippen molar-refractivity contribution in [3.8, 4) is 17.3 Å². The Morgan fingerprint density at radius 2 is 1.92 bits per heavy atom. The van der Waals surface area contributed by atoms with Gasteiger partial charge in [-0.05, 0) is 63.0 Å². The van der Waals surface area contributed by atoms with E-state index in [4.69, 9.17) is 14.5 Å². The molecule has 2 N–H and O–H groups in total. The lowest BCUT2D eigenvalue weighted by molar-refractivity contribution is 0.00880. The molecule has 0 amide bonds. The second-order valence-electron chi connectivity index (χ2n) is 10.1. The highest BCUT2D eigenvalue weighted by molar-refractivity contribution is 5.94. The van der Waals surface area contributed by atoms with E-state index >= 15 is 0 Å². The van der Waals surface area contributed by atoms with Gasteiger partial charge in [0.1, 0.15) is 18.1 Å². The van der Waals surface area contributed by atoms with Crippen LogP contribution in [0.15, 0.2) is 66.7 Å². The molecule has 37 heavy (non-hydrogen) atoms. The number of nitrogens with zero attached hydrogens (tertiary/aromatic N) is 4.